The molecule has 8 heteroatoms. The minimum atomic E-state index is -0.403. The van der Waals surface area contributed by atoms with Gasteiger partial charge in [-0.1, -0.05) is 41.4 Å². The summed E-state index contributed by atoms with van der Waals surface area (Å²) in [5.74, 6) is 0.131. The number of ether oxygens (including phenoxy) is 2. The highest BCUT2D eigenvalue weighted by Crippen LogP contribution is 2.53. The molecule has 1 N–H and O–H groups in total. The maximum Gasteiger partial charge on any atom is 0.308 e. The Bertz CT molecular complexity index is 1110. The maximum atomic E-state index is 13.0. The number of carbonyl (C=O) groups is 2. The second-order valence-corrected chi connectivity index (χ2v) is 10.6. The lowest BCUT2D eigenvalue weighted by Gasteiger charge is -2.59. The molecule has 1 saturated heterocycles. The van der Waals surface area contributed by atoms with Crippen molar-refractivity contribution in [3.8, 4) is 5.75 Å². The van der Waals surface area contributed by atoms with Gasteiger partial charge in [-0.3, -0.25) is 9.59 Å². The van der Waals surface area contributed by atoms with Crippen LogP contribution in [-0.4, -0.2) is 55.7 Å². The summed E-state index contributed by atoms with van der Waals surface area (Å²) >= 11 is 12.1. The van der Waals surface area contributed by atoms with Crippen LogP contribution in [0.25, 0.3) is 0 Å². The van der Waals surface area contributed by atoms with Crippen molar-refractivity contribution in [2.75, 3.05) is 27.2 Å². The van der Waals surface area contributed by atoms with Crippen LogP contribution >= 0.6 is 23.2 Å². The first-order valence-corrected chi connectivity index (χ1v) is 12.7. The van der Waals surface area contributed by atoms with E-state index in [0.717, 1.165) is 49.9 Å². The molecule has 0 unspecified atom stereocenters. The summed E-state index contributed by atoms with van der Waals surface area (Å²) in [6.07, 6.45) is 3.48. The minimum Gasteiger partial charge on any atom is -0.427 e. The molecule has 2 aliphatic rings. The standard InChI is InChI=1S/C27H32Cl2N2O4/c1-18(32)35-22-6-4-5-20(15-22)26-11-12-31(2)17-27(26,34-3)10-9-21(16-26)30-25(33)14-19-7-8-23(28)24(29)13-19/h4-8,13,15,21H,9-12,14,16-17H2,1-3H3,(H,30,33)/t21-,26+,27+/m1/s1. The molecule has 0 aromatic heterocycles. The van der Waals surface area contributed by atoms with Gasteiger partial charge in [-0.2, -0.15) is 0 Å². The Labute approximate surface area is 216 Å². The van der Waals surface area contributed by atoms with Gasteiger partial charge in [-0.05, 0) is 74.7 Å². The third-order valence-electron chi connectivity index (χ3n) is 7.56. The number of likely N-dealkylation sites (N-methyl/N-ethyl adjacent to an activating group) is 1. The molecule has 4 rings (SSSR count). The molecule has 0 bridgehead atoms. The lowest BCUT2D eigenvalue weighted by Crippen LogP contribution is -2.67. The molecule has 35 heavy (non-hydrogen) atoms. The van der Waals surface area contributed by atoms with Gasteiger partial charge >= 0.3 is 5.97 Å². The fraction of sp³-hybridized carbons (Fsp3) is 0.481. The number of hydrogen-bond acceptors (Lipinski definition) is 5. The number of nitrogens with one attached hydrogen (secondary N) is 1. The SMILES string of the molecule is CO[C@]12CC[C@@H](NC(=O)Cc3ccc(Cl)c(Cl)c3)C[C@]1(c1cccc(OC(C)=O)c1)CCN(C)C2. The van der Waals surface area contributed by atoms with E-state index in [-0.39, 0.29) is 29.8 Å². The molecule has 0 spiro atoms. The molecule has 1 aliphatic heterocycles. The van der Waals surface area contributed by atoms with E-state index < -0.39 is 5.60 Å². The molecule has 6 nitrogen and oxygen atoms in total. The van der Waals surface area contributed by atoms with Gasteiger partial charge in [0.25, 0.3) is 0 Å². The van der Waals surface area contributed by atoms with Crippen molar-refractivity contribution in [2.45, 2.75) is 56.1 Å². The van der Waals surface area contributed by atoms with Gasteiger partial charge < -0.3 is 19.7 Å². The summed E-state index contributed by atoms with van der Waals surface area (Å²) in [6, 6.07) is 13.0. The third kappa shape index (κ3) is 5.36. The van der Waals surface area contributed by atoms with Gasteiger partial charge in [0, 0.05) is 32.0 Å². The van der Waals surface area contributed by atoms with Crippen LogP contribution in [0.3, 0.4) is 0 Å². The molecule has 1 saturated carbocycles. The van der Waals surface area contributed by atoms with Gasteiger partial charge in [0.1, 0.15) is 5.75 Å². The van der Waals surface area contributed by atoms with Crippen molar-refractivity contribution in [1.29, 1.82) is 0 Å². The molecular formula is C27H32Cl2N2O4. The van der Waals surface area contributed by atoms with E-state index >= 15 is 0 Å². The summed E-state index contributed by atoms with van der Waals surface area (Å²) in [5.41, 5.74) is 1.17. The van der Waals surface area contributed by atoms with Crippen LogP contribution in [0.15, 0.2) is 42.5 Å². The Morgan fingerprint density at radius 1 is 1.14 bits per heavy atom. The summed E-state index contributed by atoms with van der Waals surface area (Å²) < 4.78 is 11.7. The summed E-state index contributed by atoms with van der Waals surface area (Å²) in [4.78, 5) is 26.9. The molecular weight excluding hydrogens is 487 g/mol. The molecule has 2 aromatic rings. The largest absolute Gasteiger partial charge is 0.427 e. The van der Waals surface area contributed by atoms with Gasteiger partial charge in [-0.15, -0.1) is 0 Å². The van der Waals surface area contributed by atoms with Crippen LogP contribution in [0.5, 0.6) is 5.75 Å². The second kappa shape index (κ2) is 10.5. The number of amides is 1. The Morgan fingerprint density at radius 2 is 1.94 bits per heavy atom. The molecule has 1 heterocycles. The number of halogens is 2. The predicted octanol–water partition coefficient (Wildman–Crippen LogP) is 4.79. The summed E-state index contributed by atoms with van der Waals surface area (Å²) in [7, 11) is 3.90. The zero-order valence-corrected chi connectivity index (χ0v) is 21.9. The van der Waals surface area contributed by atoms with Crippen LogP contribution in [0.2, 0.25) is 10.0 Å². The molecule has 188 valence electrons. The summed E-state index contributed by atoms with van der Waals surface area (Å²) in [5, 5.41) is 4.17. The molecule has 1 amide bonds. The lowest BCUT2D eigenvalue weighted by atomic mass is 9.55. The average Bonchev–Trinajstić information content (AvgIpc) is 2.81. The van der Waals surface area contributed by atoms with Gasteiger partial charge in [0.2, 0.25) is 5.91 Å². The zero-order valence-electron chi connectivity index (χ0n) is 20.4. The highest BCUT2D eigenvalue weighted by atomic mass is 35.5. The lowest BCUT2D eigenvalue weighted by molar-refractivity contribution is -0.147. The monoisotopic (exact) mass is 518 g/mol. The number of hydrogen-bond donors (Lipinski definition) is 1. The molecule has 3 atom stereocenters. The first-order valence-electron chi connectivity index (χ1n) is 11.9. The first-order chi connectivity index (χ1) is 16.7. The zero-order chi connectivity index (χ0) is 25.2. The number of piperidine rings is 1. The van der Waals surface area contributed by atoms with Crippen LogP contribution in [-0.2, 0) is 26.2 Å². The Morgan fingerprint density at radius 3 is 2.66 bits per heavy atom. The molecule has 2 aromatic carbocycles. The Kier molecular flexibility index (Phi) is 7.77. The highest BCUT2D eigenvalue weighted by molar-refractivity contribution is 6.42. The smallest absolute Gasteiger partial charge is 0.308 e. The molecule has 0 radical (unpaired) electrons. The first kappa shape index (κ1) is 26.0. The van der Waals surface area contributed by atoms with Crippen molar-refractivity contribution in [3.63, 3.8) is 0 Å². The average molecular weight is 519 g/mol. The van der Waals surface area contributed by atoms with E-state index in [4.69, 9.17) is 32.7 Å². The topological polar surface area (TPSA) is 67.9 Å². The van der Waals surface area contributed by atoms with Crippen LogP contribution in [0.1, 0.15) is 43.7 Å². The Hall–Kier alpha value is -2.12. The Balaban J connectivity index is 1.60. The number of carbonyl (C=O) groups excluding carboxylic acids is 2. The number of likely N-dealkylation sites (tertiary alicyclic amines) is 1. The maximum absolute atomic E-state index is 13.0. The van der Waals surface area contributed by atoms with Crippen LogP contribution in [0, 0.1) is 0 Å². The van der Waals surface area contributed by atoms with Crippen molar-refractivity contribution in [1.82, 2.24) is 10.2 Å². The summed E-state index contributed by atoms with van der Waals surface area (Å²) in [6.45, 7) is 3.11. The van der Waals surface area contributed by atoms with E-state index in [1.165, 1.54) is 6.92 Å². The normalized spacial score (nSPS) is 26.6. The second-order valence-electron chi connectivity index (χ2n) is 9.82. The van der Waals surface area contributed by atoms with Crippen molar-refractivity contribution >= 4 is 35.1 Å². The number of rotatable bonds is 6. The predicted molar refractivity (Wildman–Crippen MR) is 137 cm³/mol. The number of esters is 1. The van der Waals surface area contributed by atoms with E-state index in [0.29, 0.717) is 15.8 Å². The minimum absolute atomic E-state index is 0.00525. The van der Waals surface area contributed by atoms with Gasteiger partial charge in [0.05, 0.1) is 22.1 Å². The van der Waals surface area contributed by atoms with Crippen molar-refractivity contribution in [3.05, 3.63) is 63.6 Å². The number of methoxy groups -OCH3 is 1. The van der Waals surface area contributed by atoms with E-state index in [9.17, 15) is 9.59 Å². The van der Waals surface area contributed by atoms with Crippen molar-refractivity contribution in [2.24, 2.45) is 0 Å². The van der Waals surface area contributed by atoms with Gasteiger partial charge in [-0.25, -0.2) is 0 Å². The van der Waals surface area contributed by atoms with E-state index in [1.807, 2.05) is 18.2 Å². The van der Waals surface area contributed by atoms with Crippen LogP contribution in [0.4, 0.5) is 0 Å². The number of nitrogens with zero attached hydrogens (tertiary/aromatic N) is 1. The van der Waals surface area contributed by atoms with E-state index in [2.05, 4.69) is 23.3 Å². The van der Waals surface area contributed by atoms with Crippen LogP contribution < -0.4 is 10.1 Å². The molecule has 1 aliphatic carbocycles. The fourth-order valence-electron chi connectivity index (χ4n) is 5.96. The molecule has 2 fully saturated rings. The highest BCUT2D eigenvalue weighted by Gasteiger charge is 2.58. The number of benzene rings is 2. The quantitative estimate of drug-likeness (QED) is 0.439. The number of fused-ring (bicyclic) bond motifs is 1. The fourth-order valence-corrected chi connectivity index (χ4v) is 6.28. The third-order valence-corrected chi connectivity index (χ3v) is 8.30. The van der Waals surface area contributed by atoms with Gasteiger partial charge in [0.15, 0.2) is 0 Å². The van der Waals surface area contributed by atoms with Crippen molar-refractivity contribution < 1.29 is 19.1 Å². The van der Waals surface area contributed by atoms with E-state index in [1.54, 1.807) is 25.3 Å².